The fourth-order valence-electron chi connectivity index (χ4n) is 1.68. The molecule has 0 unspecified atom stereocenters. The molecule has 1 heterocycles. The summed E-state index contributed by atoms with van der Waals surface area (Å²) in [6.07, 6.45) is 4.35. The Balaban J connectivity index is 2.42. The highest BCUT2D eigenvalue weighted by Gasteiger charge is 2.25. The molecule has 1 aromatic rings. The van der Waals surface area contributed by atoms with Crippen LogP contribution in [0.15, 0.2) is 24.3 Å². The monoisotopic (exact) mass is 220 g/mol. The Hall–Kier alpha value is -1.22. The molecule has 0 aromatic heterocycles. The molecule has 15 heavy (non-hydrogen) atoms. The third kappa shape index (κ3) is 2.23. The molecule has 0 N–H and O–H groups in total. The first-order valence-electron chi connectivity index (χ1n) is 5.14. The fraction of sp³-hybridized carbons (Fsp3) is 0.333. The van der Waals surface area contributed by atoms with Gasteiger partial charge < -0.3 is 9.16 Å². The zero-order valence-electron chi connectivity index (χ0n) is 9.41. The lowest BCUT2D eigenvalue weighted by molar-refractivity contribution is 0.412. The molecular formula is C12H16O2Si. The second kappa shape index (κ2) is 3.74. The van der Waals surface area contributed by atoms with Gasteiger partial charge in [0.05, 0.1) is 7.11 Å². The Bertz CT molecular complexity index is 397. The molecule has 80 valence electrons. The number of hydrogen-bond donors (Lipinski definition) is 0. The van der Waals surface area contributed by atoms with Gasteiger partial charge in [-0.05, 0) is 31.3 Å². The van der Waals surface area contributed by atoms with Gasteiger partial charge in [0, 0.05) is 11.6 Å². The molecule has 1 aromatic carbocycles. The van der Waals surface area contributed by atoms with Crippen molar-refractivity contribution in [2.24, 2.45) is 0 Å². The first-order chi connectivity index (χ1) is 7.11. The highest BCUT2D eigenvalue weighted by Crippen LogP contribution is 2.31. The van der Waals surface area contributed by atoms with Crippen molar-refractivity contribution in [2.75, 3.05) is 7.11 Å². The van der Waals surface area contributed by atoms with Gasteiger partial charge in [-0.25, -0.2) is 0 Å². The van der Waals surface area contributed by atoms with E-state index in [1.54, 1.807) is 7.11 Å². The summed E-state index contributed by atoms with van der Waals surface area (Å²) in [5.41, 5.74) is 1.15. The van der Waals surface area contributed by atoms with Crippen molar-refractivity contribution < 1.29 is 9.16 Å². The summed E-state index contributed by atoms with van der Waals surface area (Å²) in [6.45, 7) is 4.46. The number of allylic oxidation sites excluding steroid dienone is 1. The number of ether oxygens (including phenoxy) is 1. The summed E-state index contributed by atoms with van der Waals surface area (Å²) in [5.74, 6) is 1.81. The van der Waals surface area contributed by atoms with Crippen LogP contribution in [0.2, 0.25) is 19.1 Å². The van der Waals surface area contributed by atoms with Crippen molar-refractivity contribution in [1.29, 1.82) is 0 Å². The van der Waals surface area contributed by atoms with E-state index in [9.17, 15) is 0 Å². The molecule has 1 aliphatic rings. The van der Waals surface area contributed by atoms with Gasteiger partial charge in [0.1, 0.15) is 11.5 Å². The van der Waals surface area contributed by atoms with Gasteiger partial charge in [0.2, 0.25) is 8.32 Å². The summed E-state index contributed by atoms with van der Waals surface area (Å²) in [4.78, 5) is 0. The number of hydrogen-bond acceptors (Lipinski definition) is 2. The van der Waals surface area contributed by atoms with E-state index in [1.807, 2.05) is 18.2 Å². The van der Waals surface area contributed by atoms with Crippen LogP contribution in [0.5, 0.6) is 11.5 Å². The van der Waals surface area contributed by atoms with E-state index in [0.717, 1.165) is 23.1 Å². The molecule has 0 bridgehead atoms. The lowest BCUT2D eigenvalue weighted by atomic mass is 10.2. The smallest absolute Gasteiger partial charge is 0.248 e. The zero-order valence-corrected chi connectivity index (χ0v) is 10.4. The Morgan fingerprint density at radius 3 is 2.87 bits per heavy atom. The molecule has 0 amide bonds. The van der Waals surface area contributed by atoms with Gasteiger partial charge in [0.25, 0.3) is 0 Å². The molecule has 2 nitrogen and oxygen atoms in total. The minimum absolute atomic E-state index is 0.855. The molecular weight excluding hydrogens is 204 g/mol. The number of benzene rings is 1. The molecule has 0 spiro atoms. The second-order valence-corrected chi connectivity index (χ2v) is 8.50. The molecule has 0 atom stereocenters. The summed E-state index contributed by atoms with van der Waals surface area (Å²) in [5, 5.41) is 0. The maximum absolute atomic E-state index is 6.08. The quantitative estimate of drug-likeness (QED) is 0.676. The van der Waals surface area contributed by atoms with Crippen LogP contribution < -0.4 is 9.16 Å². The third-order valence-electron chi connectivity index (χ3n) is 2.51. The first-order valence-corrected chi connectivity index (χ1v) is 8.26. The Kier molecular flexibility index (Phi) is 2.57. The average molecular weight is 220 g/mol. The van der Waals surface area contributed by atoms with Gasteiger partial charge in [0.15, 0.2) is 0 Å². The van der Waals surface area contributed by atoms with Crippen molar-refractivity contribution in [3.8, 4) is 11.5 Å². The minimum atomic E-state index is -1.57. The SMILES string of the molecule is COc1ccc2c(c1)O[Si](C)(C)CC=C2. The van der Waals surface area contributed by atoms with Crippen LogP contribution in [0, 0.1) is 0 Å². The van der Waals surface area contributed by atoms with Crippen LogP contribution in [0.25, 0.3) is 6.08 Å². The van der Waals surface area contributed by atoms with Gasteiger partial charge in [-0.15, -0.1) is 0 Å². The molecule has 1 aliphatic heterocycles. The van der Waals surface area contributed by atoms with Crippen molar-refractivity contribution in [1.82, 2.24) is 0 Å². The summed E-state index contributed by atoms with van der Waals surface area (Å²) in [7, 11) is 0.107. The Morgan fingerprint density at radius 2 is 2.13 bits per heavy atom. The Morgan fingerprint density at radius 1 is 1.33 bits per heavy atom. The highest BCUT2D eigenvalue weighted by atomic mass is 28.4. The lowest BCUT2D eigenvalue weighted by Crippen LogP contribution is -2.32. The largest absolute Gasteiger partial charge is 0.543 e. The predicted molar refractivity (Wildman–Crippen MR) is 64.9 cm³/mol. The van der Waals surface area contributed by atoms with Gasteiger partial charge >= 0.3 is 0 Å². The van der Waals surface area contributed by atoms with E-state index in [-0.39, 0.29) is 0 Å². The van der Waals surface area contributed by atoms with Crippen molar-refractivity contribution in [2.45, 2.75) is 19.1 Å². The van der Waals surface area contributed by atoms with Crippen LogP contribution >= 0.6 is 0 Å². The summed E-state index contributed by atoms with van der Waals surface area (Å²) < 4.78 is 11.3. The van der Waals surface area contributed by atoms with Crippen molar-refractivity contribution in [3.63, 3.8) is 0 Å². The topological polar surface area (TPSA) is 18.5 Å². The normalized spacial score (nSPS) is 17.5. The van der Waals surface area contributed by atoms with Crippen LogP contribution in [0.3, 0.4) is 0 Å². The average Bonchev–Trinajstić information content (AvgIpc) is 2.33. The van der Waals surface area contributed by atoms with E-state index in [1.165, 1.54) is 0 Å². The van der Waals surface area contributed by atoms with E-state index in [0.29, 0.717) is 0 Å². The van der Waals surface area contributed by atoms with E-state index < -0.39 is 8.32 Å². The minimum Gasteiger partial charge on any atom is -0.543 e. The molecule has 0 aliphatic carbocycles. The van der Waals surface area contributed by atoms with Crippen molar-refractivity contribution >= 4 is 14.4 Å². The molecule has 0 saturated carbocycles. The van der Waals surface area contributed by atoms with Crippen LogP contribution in [0.1, 0.15) is 5.56 Å². The number of methoxy groups -OCH3 is 1. The van der Waals surface area contributed by atoms with Crippen LogP contribution in [0.4, 0.5) is 0 Å². The molecule has 0 saturated heterocycles. The van der Waals surface area contributed by atoms with Gasteiger partial charge in [-0.1, -0.05) is 12.2 Å². The van der Waals surface area contributed by atoms with Crippen molar-refractivity contribution in [3.05, 3.63) is 29.8 Å². The predicted octanol–water partition coefficient (Wildman–Crippen LogP) is 3.31. The lowest BCUT2D eigenvalue weighted by Gasteiger charge is -2.22. The van der Waals surface area contributed by atoms with E-state index >= 15 is 0 Å². The Labute approximate surface area is 91.7 Å². The highest BCUT2D eigenvalue weighted by molar-refractivity contribution is 6.72. The standard InChI is InChI=1S/C12H16O2Si/c1-13-11-7-6-10-5-4-8-15(2,3)14-12(10)9-11/h4-7,9H,8H2,1-3H3. The molecule has 3 heteroatoms. The maximum Gasteiger partial charge on any atom is 0.248 e. The first kappa shape index (κ1) is 10.3. The number of rotatable bonds is 1. The molecule has 0 fully saturated rings. The van der Waals surface area contributed by atoms with E-state index in [4.69, 9.17) is 9.16 Å². The van der Waals surface area contributed by atoms with Crippen LogP contribution in [-0.4, -0.2) is 15.4 Å². The second-order valence-electron chi connectivity index (χ2n) is 4.37. The van der Waals surface area contributed by atoms with Gasteiger partial charge in [-0.3, -0.25) is 0 Å². The van der Waals surface area contributed by atoms with E-state index in [2.05, 4.69) is 25.2 Å². The zero-order chi connectivity index (χ0) is 10.9. The number of fused-ring (bicyclic) bond motifs is 1. The molecule has 2 rings (SSSR count). The molecule has 0 radical (unpaired) electrons. The van der Waals surface area contributed by atoms with Crippen LogP contribution in [-0.2, 0) is 0 Å². The van der Waals surface area contributed by atoms with Gasteiger partial charge in [-0.2, -0.15) is 0 Å². The summed E-state index contributed by atoms with van der Waals surface area (Å²) >= 11 is 0. The fourth-order valence-corrected chi connectivity index (χ4v) is 3.22. The summed E-state index contributed by atoms with van der Waals surface area (Å²) in [6, 6.07) is 7.04. The maximum atomic E-state index is 6.08. The third-order valence-corrected chi connectivity index (χ3v) is 4.51.